The minimum atomic E-state index is -0.287. The van der Waals surface area contributed by atoms with Gasteiger partial charge in [-0.3, -0.25) is 9.78 Å². The topological polar surface area (TPSA) is 59.0 Å². The first-order valence-corrected chi connectivity index (χ1v) is 11.7. The summed E-state index contributed by atoms with van der Waals surface area (Å²) in [7, 11) is 0. The van der Waals surface area contributed by atoms with Crippen molar-refractivity contribution in [3.8, 4) is 0 Å². The molecule has 3 heterocycles. The number of piperidine rings is 1. The molecule has 0 radical (unpaired) electrons. The van der Waals surface area contributed by atoms with Crippen molar-refractivity contribution in [2.45, 2.75) is 36.6 Å². The standard InChI is InChI=1S/C25H25FN4OS/c1-18-15-28-25(32-17-22-6-2-3-13-27-22)29-24(18)20-5-4-14-30(16-20)23(31)12-9-19-7-10-21(26)11-8-19/h2-3,6-13,15,20H,4-5,14,16-17H2,1H3/b12-9+/t20-/m0/s1. The van der Waals surface area contributed by atoms with E-state index in [0.717, 1.165) is 47.1 Å². The smallest absolute Gasteiger partial charge is 0.246 e. The summed E-state index contributed by atoms with van der Waals surface area (Å²) < 4.78 is 13.1. The summed E-state index contributed by atoms with van der Waals surface area (Å²) in [5, 5.41) is 0.732. The number of rotatable bonds is 6. The summed E-state index contributed by atoms with van der Waals surface area (Å²) >= 11 is 1.57. The molecular weight excluding hydrogens is 423 g/mol. The van der Waals surface area contributed by atoms with Crippen molar-refractivity contribution in [1.29, 1.82) is 0 Å². The average molecular weight is 449 g/mol. The van der Waals surface area contributed by atoms with Gasteiger partial charge < -0.3 is 4.90 Å². The van der Waals surface area contributed by atoms with Gasteiger partial charge in [-0.15, -0.1) is 0 Å². The lowest BCUT2D eigenvalue weighted by Gasteiger charge is -2.32. The number of aromatic nitrogens is 3. The number of pyridine rings is 1. The molecule has 164 valence electrons. The summed E-state index contributed by atoms with van der Waals surface area (Å²) in [5.74, 6) is 0.581. The second-order valence-electron chi connectivity index (χ2n) is 7.84. The molecule has 1 atom stereocenters. The number of benzene rings is 1. The van der Waals surface area contributed by atoms with Crippen molar-refractivity contribution in [3.63, 3.8) is 0 Å². The van der Waals surface area contributed by atoms with Crippen molar-refractivity contribution >= 4 is 23.7 Å². The van der Waals surface area contributed by atoms with E-state index in [1.807, 2.05) is 36.2 Å². The van der Waals surface area contributed by atoms with E-state index >= 15 is 0 Å². The third kappa shape index (κ3) is 5.79. The zero-order valence-electron chi connectivity index (χ0n) is 17.9. The Labute approximate surface area is 191 Å². The van der Waals surface area contributed by atoms with E-state index in [-0.39, 0.29) is 17.6 Å². The van der Waals surface area contributed by atoms with E-state index in [1.165, 1.54) is 12.1 Å². The number of thioether (sulfide) groups is 1. The molecule has 0 saturated carbocycles. The molecule has 5 nitrogen and oxygen atoms in total. The zero-order chi connectivity index (χ0) is 22.3. The van der Waals surface area contributed by atoms with Crippen LogP contribution >= 0.6 is 11.8 Å². The summed E-state index contributed by atoms with van der Waals surface area (Å²) in [6.45, 7) is 3.39. The number of hydrogen-bond donors (Lipinski definition) is 0. The van der Waals surface area contributed by atoms with Gasteiger partial charge >= 0.3 is 0 Å². The van der Waals surface area contributed by atoms with Crippen LogP contribution in [-0.4, -0.2) is 38.8 Å². The first-order valence-electron chi connectivity index (χ1n) is 10.7. The maximum atomic E-state index is 13.1. The molecule has 3 aromatic rings. The minimum absolute atomic E-state index is 0.0320. The van der Waals surface area contributed by atoms with Crippen LogP contribution in [0, 0.1) is 12.7 Å². The summed E-state index contributed by atoms with van der Waals surface area (Å²) in [6, 6.07) is 12.0. The van der Waals surface area contributed by atoms with Crippen LogP contribution in [0.2, 0.25) is 0 Å². The highest BCUT2D eigenvalue weighted by atomic mass is 32.2. The molecule has 1 aliphatic heterocycles. The molecule has 1 saturated heterocycles. The Bertz CT molecular complexity index is 1090. The molecule has 0 bridgehead atoms. The monoisotopic (exact) mass is 448 g/mol. The van der Waals surface area contributed by atoms with Gasteiger partial charge in [-0.05, 0) is 61.2 Å². The Morgan fingerprint density at radius 2 is 2.06 bits per heavy atom. The molecule has 1 aromatic carbocycles. The quantitative estimate of drug-likeness (QED) is 0.301. The predicted octanol–water partition coefficient (Wildman–Crippen LogP) is 5.03. The van der Waals surface area contributed by atoms with E-state index in [2.05, 4.69) is 9.97 Å². The highest BCUT2D eigenvalue weighted by molar-refractivity contribution is 7.98. The molecule has 4 rings (SSSR count). The van der Waals surface area contributed by atoms with Gasteiger partial charge in [0, 0.05) is 43.2 Å². The van der Waals surface area contributed by atoms with Crippen molar-refractivity contribution in [2.24, 2.45) is 0 Å². The van der Waals surface area contributed by atoms with Crippen molar-refractivity contribution in [1.82, 2.24) is 19.9 Å². The Hall–Kier alpha value is -3.06. The number of carbonyl (C=O) groups excluding carboxylic acids is 1. The number of carbonyl (C=O) groups is 1. The number of likely N-dealkylation sites (tertiary alicyclic amines) is 1. The van der Waals surface area contributed by atoms with Gasteiger partial charge in [-0.25, -0.2) is 14.4 Å². The van der Waals surface area contributed by atoms with Crippen LogP contribution in [0.4, 0.5) is 4.39 Å². The van der Waals surface area contributed by atoms with E-state index in [0.29, 0.717) is 12.3 Å². The predicted molar refractivity (Wildman–Crippen MR) is 125 cm³/mol. The Balaban J connectivity index is 1.41. The fourth-order valence-corrected chi connectivity index (χ4v) is 4.53. The number of aryl methyl sites for hydroxylation is 1. The third-order valence-electron chi connectivity index (χ3n) is 5.47. The van der Waals surface area contributed by atoms with Crippen LogP contribution in [0.15, 0.2) is 66.1 Å². The molecule has 2 aromatic heterocycles. The molecule has 1 amide bonds. The fourth-order valence-electron chi connectivity index (χ4n) is 3.79. The maximum Gasteiger partial charge on any atom is 0.246 e. The van der Waals surface area contributed by atoms with Gasteiger partial charge in [0.1, 0.15) is 5.82 Å². The average Bonchev–Trinajstić information content (AvgIpc) is 2.83. The number of amides is 1. The molecule has 1 aliphatic rings. The largest absolute Gasteiger partial charge is 0.338 e. The van der Waals surface area contributed by atoms with E-state index in [1.54, 1.807) is 42.2 Å². The molecule has 32 heavy (non-hydrogen) atoms. The van der Waals surface area contributed by atoms with Gasteiger partial charge in [0.2, 0.25) is 5.91 Å². The fraction of sp³-hybridized carbons (Fsp3) is 0.280. The highest BCUT2D eigenvalue weighted by Crippen LogP contribution is 2.29. The minimum Gasteiger partial charge on any atom is -0.338 e. The number of hydrogen-bond acceptors (Lipinski definition) is 5. The SMILES string of the molecule is Cc1cnc(SCc2ccccn2)nc1[C@H]1CCCN(C(=O)/C=C/c2ccc(F)cc2)C1. The van der Waals surface area contributed by atoms with E-state index in [9.17, 15) is 9.18 Å². The Kier molecular flexibility index (Phi) is 7.27. The van der Waals surface area contributed by atoms with Crippen LogP contribution in [0.25, 0.3) is 6.08 Å². The van der Waals surface area contributed by atoms with Crippen molar-refractivity contribution < 1.29 is 9.18 Å². The van der Waals surface area contributed by atoms with Crippen LogP contribution in [0.3, 0.4) is 0 Å². The van der Waals surface area contributed by atoms with Crippen LogP contribution in [0.5, 0.6) is 0 Å². The zero-order valence-corrected chi connectivity index (χ0v) is 18.8. The van der Waals surface area contributed by atoms with E-state index in [4.69, 9.17) is 4.98 Å². The van der Waals surface area contributed by atoms with Gasteiger partial charge in [-0.2, -0.15) is 0 Å². The normalized spacial score (nSPS) is 16.4. The second-order valence-corrected chi connectivity index (χ2v) is 8.78. The first kappa shape index (κ1) is 22.1. The van der Waals surface area contributed by atoms with Gasteiger partial charge in [-0.1, -0.05) is 30.0 Å². The molecule has 7 heteroatoms. The maximum absolute atomic E-state index is 13.1. The molecule has 0 spiro atoms. The lowest BCUT2D eigenvalue weighted by molar-refractivity contribution is -0.127. The molecule has 0 N–H and O–H groups in total. The first-order chi connectivity index (χ1) is 15.6. The van der Waals surface area contributed by atoms with E-state index < -0.39 is 0 Å². The summed E-state index contributed by atoms with van der Waals surface area (Å²) in [4.78, 5) is 28.3. The van der Waals surface area contributed by atoms with Gasteiger partial charge in [0.15, 0.2) is 5.16 Å². The Morgan fingerprint density at radius 3 is 2.84 bits per heavy atom. The lowest BCUT2D eigenvalue weighted by Crippen LogP contribution is -2.38. The lowest BCUT2D eigenvalue weighted by atomic mass is 9.92. The van der Waals surface area contributed by atoms with Crippen LogP contribution < -0.4 is 0 Å². The van der Waals surface area contributed by atoms with Crippen molar-refractivity contribution in [2.75, 3.05) is 13.1 Å². The van der Waals surface area contributed by atoms with Crippen LogP contribution in [-0.2, 0) is 10.5 Å². The summed E-state index contributed by atoms with van der Waals surface area (Å²) in [6.07, 6.45) is 8.88. The molecule has 1 fully saturated rings. The number of nitrogens with zero attached hydrogens (tertiary/aromatic N) is 4. The molecule has 0 unspecified atom stereocenters. The number of halogens is 1. The highest BCUT2D eigenvalue weighted by Gasteiger charge is 2.26. The summed E-state index contributed by atoms with van der Waals surface area (Å²) in [5.41, 5.74) is 3.86. The molecule has 0 aliphatic carbocycles. The van der Waals surface area contributed by atoms with Gasteiger partial charge in [0.05, 0.1) is 11.4 Å². The third-order valence-corrected chi connectivity index (χ3v) is 6.37. The van der Waals surface area contributed by atoms with Crippen molar-refractivity contribution in [3.05, 3.63) is 89.3 Å². The second kappa shape index (κ2) is 10.5. The van der Waals surface area contributed by atoms with Crippen LogP contribution in [0.1, 0.15) is 41.3 Å². The van der Waals surface area contributed by atoms with Gasteiger partial charge in [0.25, 0.3) is 0 Å². The Morgan fingerprint density at radius 1 is 1.22 bits per heavy atom. The molecular formula is C25H25FN4OS.